The monoisotopic (exact) mass is 371 g/mol. The van der Waals surface area contributed by atoms with E-state index in [1.54, 1.807) is 26.0 Å². The van der Waals surface area contributed by atoms with Crippen molar-refractivity contribution < 1.29 is 12.9 Å². The van der Waals surface area contributed by atoms with Crippen LogP contribution in [0.3, 0.4) is 0 Å². The van der Waals surface area contributed by atoms with Crippen LogP contribution in [0.15, 0.2) is 64.0 Å². The Morgan fingerprint density at radius 1 is 0.962 bits per heavy atom. The second-order valence-electron chi connectivity index (χ2n) is 6.00. The van der Waals surface area contributed by atoms with E-state index < -0.39 is 10.0 Å². The van der Waals surface area contributed by atoms with Gasteiger partial charge in [0, 0.05) is 17.9 Å². The van der Waals surface area contributed by atoms with Crippen LogP contribution in [0.4, 0.5) is 11.4 Å². The van der Waals surface area contributed by atoms with Gasteiger partial charge < -0.3 is 9.84 Å². The zero-order valence-corrected chi connectivity index (χ0v) is 15.5. The van der Waals surface area contributed by atoms with Crippen LogP contribution in [0.2, 0.25) is 0 Å². The number of nitrogens with one attached hydrogen (secondary N) is 2. The van der Waals surface area contributed by atoms with Crippen molar-refractivity contribution in [3.05, 3.63) is 71.6 Å². The number of aryl methyl sites for hydroxylation is 2. The molecule has 26 heavy (non-hydrogen) atoms. The predicted octanol–water partition coefficient (Wildman–Crippen LogP) is 3.75. The molecule has 0 amide bonds. The maximum atomic E-state index is 12.5. The van der Waals surface area contributed by atoms with E-state index in [0.29, 0.717) is 11.4 Å². The summed E-state index contributed by atoms with van der Waals surface area (Å²) >= 11 is 0. The van der Waals surface area contributed by atoms with Crippen LogP contribution < -0.4 is 10.0 Å². The Morgan fingerprint density at radius 3 is 2.23 bits per heavy atom. The summed E-state index contributed by atoms with van der Waals surface area (Å²) in [5.74, 6) is 0.272. The van der Waals surface area contributed by atoms with E-state index >= 15 is 0 Å². The molecule has 2 aromatic carbocycles. The maximum absolute atomic E-state index is 12.5. The molecule has 0 saturated carbocycles. The third-order valence-electron chi connectivity index (χ3n) is 3.96. The van der Waals surface area contributed by atoms with Gasteiger partial charge in [0.2, 0.25) is 0 Å². The molecule has 3 aromatic rings. The van der Waals surface area contributed by atoms with Crippen LogP contribution in [0.5, 0.6) is 0 Å². The van der Waals surface area contributed by atoms with E-state index in [0.717, 1.165) is 18.7 Å². The molecular weight excluding hydrogens is 350 g/mol. The second kappa shape index (κ2) is 7.61. The molecule has 1 heterocycles. The number of hydrogen-bond acceptors (Lipinski definition) is 5. The largest absolute Gasteiger partial charge is 0.385 e. The maximum Gasteiger partial charge on any atom is 0.267 e. The van der Waals surface area contributed by atoms with Crippen molar-refractivity contribution in [3.8, 4) is 0 Å². The highest BCUT2D eigenvalue weighted by Gasteiger charge is 2.24. The molecule has 0 fully saturated rings. The number of rotatable bonds is 7. The van der Waals surface area contributed by atoms with Gasteiger partial charge in [0.1, 0.15) is 5.69 Å². The van der Waals surface area contributed by atoms with Gasteiger partial charge in [-0.1, -0.05) is 35.5 Å². The molecule has 0 aliphatic carbocycles. The van der Waals surface area contributed by atoms with E-state index in [9.17, 15) is 8.42 Å². The average molecular weight is 371 g/mol. The molecule has 0 unspecified atom stereocenters. The number of sulfonamides is 1. The second-order valence-corrected chi connectivity index (χ2v) is 7.62. The fourth-order valence-corrected chi connectivity index (χ4v) is 4.11. The lowest BCUT2D eigenvalue weighted by Gasteiger charge is -2.10. The lowest BCUT2D eigenvalue weighted by atomic mass is 10.1. The molecule has 3 rings (SSSR count). The molecule has 0 spiro atoms. The number of anilines is 2. The normalized spacial score (nSPS) is 11.3. The number of benzene rings is 2. The molecule has 0 atom stereocenters. The molecule has 0 bridgehead atoms. The lowest BCUT2D eigenvalue weighted by molar-refractivity contribution is 0.390. The number of aromatic nitrogens is 1. The highest BCUT2D eigenvalue weighted by molar-refractivity contribution is 7.92. The summed E-state index contributed by atoms with van der Waals surface area (Å²) in [6.45, 7) is 3.98. The third-order valence-corrected chi connectivity index (χ3v) is 5.58. The summed E-state index contributed by atoms with van der Waals surface area (Å²) in [6.07, 6.45) is 0.918. The van der Waals surface area contributed by atoms with Crippen LogP contribution in [0.25, 0.3) is 0 Å². The Kier molecular flexibility index (Phi) is 5.27. The molecule has 6 nitrogen and oxygen atoms in total. The minimum Gasteiger partial charge on any atom is -0.385 e. The van der Waals surface area contributed by atoms with Crippen LogP contribution >= 0.6 is 0 Å². The Balaban J connectivity index is 1.61. The zero-order chi connectivity index (χ0) is 18.6. The molecule has 1 aromatic heterocycles. The van der Waals surface area contributed by atoms with Crippen LogP contribution in [-0.2, 0) is 16.4 Å². The first-order valence-corrected chi connectivity index (χ1v) is 9.77. The predicted molar refractivity (Wildman–Crippen MR) is 102 cm³/mol. The molecule has 0 saturated heterocycles. The van der Waals surface area contributed by atoms with Crippen molar-refractivity contribution >= 4 is 21.4 Å². The fourth-order valence-electron chi connectivity index (χ4n) is 2.72. The van der Waals surface area contributed by atoms with Gasteiger partial charge in [0.25, 0.3) is 10.0 Å². The van der Waals surface area contributed by atoms with E-state index in [2.05, 4.69) is 27.3 Å². The Labute approximate surface area is 153 Å². The summed E-state index contributed by atoms with van der Waals surface area (Å²) in [5.41, 5.74) is 3.03. The molecule has 0 aliphatic heterocycles. The van der Waals surface area contributed by atoms with Gasteiger partial charge >= 0.3 is 0 Å². The standard InChI is InChI=1S/C19H21N3O3S/c1-14-19(15(2)25-21-14)26(23,24)22-18-10-8-17(9-11-18)20-13-12-16-6-4-3-5-7-16/h3-11,20,22H,12-13H2,1-2H3. The quantitative estimate of drug-likeness (QED) is 0.661. The first-order valence-electron chi connectivity index (χ1n) is 8.29. The van der Waals surface area contributed by atoms with Crippen molar-refractivity contribution in [2.45, 2.75) is 25.2 Å². The lowest BCUT2D eigenvalue weighted by Crippen LogP contribution is -2.14. The van der Waals surface area contributed by atoms with Crippen LogP contribution in [0.1, 0.15) is 17.0 Å². The van der Waals surface area contributed by atoms with Crippen LogP contribution in [0, 0.1) is 13.8 Å². The molecule has 2 N–H and O–H groups in total. The SMILES string of the molecule is Cc1noc(C)c1S(=O)(=O)Nc1ccc(NCCc2ccccc2)cc1. The first kappa shape index (κ1) is 18.0. The summed E-state index contributed by atoms with van der Waals surface area (Å²) < 4.78 is 32.5. The molecule has 136 valence electrons. The van der Waals surface area contributed by atoms with Gasteiger partial charge in [-0.05, 0) is 50.1 Å². The van der Waals surface area contributed by atoms with Gasteiger partial charge in [-0.15, -0.1) is 0 Å². The van der Waals surface area contributed by atoms with Crippen molar-refractivity contribution in [1.82, 2.24) is 5.16 Å². The van der Waals surface area contributed by atoms with Gasteiger partial charge in [-0.2, -0.15) is 0 Å². The third kappa shape index (κ3) is 4.23. The van der Waals surface area contributed by atoms with Crippen LogP contribution in [-0.4, -0.2) is 20.1 Å². The van der Waals surface area contributed by atoms with Gasteiger partial charge in [0.05, 0.1) is 0 Å². The van der Waals surface area contributed by atoms with E-state index in [1.807, 2.05) is 30.3 Å². The average Bonchev–Trinajstić information content (AvgIpc) is 2.96. The summed E-state index contributed by atoms with van der Waals surface area (Å²) in [4.78, 5) is 0.0857. The van der Waals surface area contributed by atoms with Gasteiger partial charge in [-0.3, -0.25) is 4.72 Å². The van der Waals surface area contributed by atoms with Crippen molar-refractivity contribution in [2.75, 3.05) is 16.6 Å². The summed E-state index contributed by atoms with van der Waals surface area (Å²) in [5, 5.41) is 7.02. The van der Waals surface area contributed by atoms with E-state index in [-0.39, 0.29) is 10.7 Å². The summed E-state index contributed by atoms with van der Waals surface area (Å²) in [6, 6.07) is 17.4. The molecular formula is C19H21N3O3S. The molecule has 0 radical (unpaired) electrons. The van der Waals surface area contributed by atoms with E-state index in [1.165, 1.54) is 5.56 Å². The topological polar surface area (TPSA) is 84.2 Å². The first-order chi connectivity index (χ1) is 12.5. The van der Waals surface area contributed by atoms with Gasteiger partial charge in [0.15, 0.2) is 10.7 Å². The summed E-state index contributed by atoms with van der Waals surface area (Å²) in [7, 11) is -3.72. The van der Waals surface area contributed by atoms with Crippen molar-refractivity contribution in [1.29, 1.82) is 0 Å². The molecule has 7 heteroatoms. The number of hydrogen-bond donors (Lipinski definition) is 2. The smallest absolute Gasteiger partial charge is 0.267 e. The van der Waals surface area contributed by atoms with Gasteiger partial charge in [-0.25, -0.2) is 8.42 Å². The molecule has 0 aliphatic rings. The van der Waals surface area contributed by atoms with Crippen molar-refractivity contribution in [2.24, 2.45) is 0 Å². The number of nitrogens with zero attached hydrogens (tertiary/aromatic N) is 1. The minimum atomic E-state index is -3.72. The van der Waals surface area contributed by atoms with Crippen molar-refractivity contribution in [3.63, 3.8) is 0 Å². The minimum absolute atomic E-state index is 0.0857. The Hall–Kier alpha value is -2.80. The Bertz CT molecular complexity index is 946. The van der Waals surface area contributed by atoms with E-state index in [4.69, 9.17) is 4.52 Å². The fraction of sp³-hybridized carbons (Fsp3) is 0.211. The Morgan fingerprint density at radius 2 is 1.62 bits per heavy atom. The highest BCUT2D eigenvalue weighted by Crippen LogP contribution is 2.23. The zero-order valence-electron chi connectivity index (χ0n) is 14.7. The highest BCUT2D eigenvalue weighted by atomic mass is 32.2.